The SMILES string of the molecule is [3H]CC(=O)NC1[C@@H](O)[C@@H](O)C(CO)O[C@@H]1C. The molecule has 0 aliphatic carbocycles. The van der Waals surface area contributed by atoms with Crippen molar-refractivity contribution in [2.45, 2.75) is 44.3 Å². The van der Waals surface area contributed by atoms with Gasteiger partial charge in [0.1, 0.15) is 18.3 Å². The highest BCUT2D eigenvalue weighted by Crippen LogP contribution is 2.20. The average molecular weight is 221 g/mol. The summed E-state index contributed by atoms with van der Waals surface area (Å²) in [5, 5.41) is 30.6. The normalized spacial score (nSPS) is 42.1. The maximum atomic E-state index is 11.0. The quantitative estimate of drug-likeness (QED) is 0.432. The topological polar surface area (TPSA) is 99.0 Å². The Balaban J connectivity index is 2.67. The van der Waals surface area contributed by atoms with Crippen molar-refractivity contribution >= 4 is 5.91 Å². The summed E-state index contributed by atoms with van der Waals surface area (Å²) in [6, 6.07) is -0.768. The van der Waals surface area contributed by atoms with Gasteiger partial charge in [-0.15, -0.1) is 0 Å². The molecule has 0 aromatic rings. The van der Waals surface area contributed by atoms with Crippen molar-refractivity contribution in [3.05, 3.63) is 0 Å². The van der Waals surface area contributed by atoms with E-state index in [0.29, 0.717) is 0 Å². The molecule has 15 heavy (non-hydrogen) atoms. The second-order valence-corrected chi connectivity index (χ2v) is 3.64. The zero-order chi connectivity index (χ0) is 12.3. The number of aliphatic hydroxyl groups is 3. The number of aliphatic hydroxyl groups excluding tert-OH is 3. The van der Waals surface area contributed by atoms with Crippen molar-refractivity contribution in [3.8, 4) is 0 Å². The van der Waals surface area contributed by atoms with E-state index in [9.17, 15) is 15.0 Å². The number of hydrogen-bond acceptors (Lipinski definition) is 5. The van der Waals surface area contributed by atoms with Crippen molar-refractivity contribution in [2.24, 2.45) is 0 Å². The standard InChI is InChI=1S/C9H17NO5/c1-4-7(10-5(2)12)9(14)8(13)6(3-11)15-4/h4,6-9,11,13-14H,3H2,1-2H3,(H,10,12)/t4-,6?,7?,8+,9-/m1/s1/i2T. The lowest BCUT2D eigenvalue weighted by atomic mass is 9.93. The molecule has 1 aliphatic rings. The molecule has 0 saturated carbocycles. The van der Waals surface area contributed by atoms with E-state index in [-0.39, 0.29) is 0 Å². The number of amides is 1. The molecule has 0 aromatic carbocycles. The summed E-state index contributed by atoms with van der Waals surface area (Å²) in [6.45, 7) is 0.768. The van der Waals surface area contributed by atoms with Gasteiger partial charge in [-0.25, -0.2) is 0 Å². The molecule has 0 radical (unpaired) electrons. The maximum absolute atomic E-state index is 11.0. The zero-order valence-corrected chi connectivity index (χ0v) is 8.46. The molecule has 1 heterocycles. The Hall–Kier alpha value is -0.690. The molecule has 88 valence electrons. The van der Waals surface area contributed by atoms with E-state index in [1.54, 1.807) is 6.92 Å². The van der Waals surface area contributed by atoms with E-state index in [1.165, 1.54) is 0 Å². The average Bonchev–Trinajstić information content (AvgIpc) is 2.28. The second kappa shape index (κ2) is 4.89. The van der Waals surface area contributed by atoms with Gasteiger partial charge in [-0.3, -0.25) is 4.79 Å². The minimum absolute atomic E-state index is 0.401. The predicted molar refractivity (Wildman–Crippen MR) is 51.0 cm³/mol. The fraction of sp³-hybridized carbons (Fsp3) is 0.889. The lowest BCUT2D eigenvalue weighted by Gasteiger charge is -2.41. The Morgan fingerprint density at radius 1 is 1.53 bits per heavy atom. The number of ether oxygens (including phenoxy) is 1. The molecule has 1 rings (SSSR count). The van der Waals surface area contributed by atoms with Gasteiger partial charge in [0.05, 0.1) is 18.8 Å². The van der Waals surface area contributed by atoms with Gasteiger partial charge in [-0.2, -0.15) is 0 Å². The van der Waals surface area contributed by atoms with Crippen LogP contribution in [-0.2, 0) is 9.53 Å². The van der Waals surface area contributed by atoms with Crippen LogP contribution in [0.1, 0.15) is 15.2 Å². The predicted octanol–water partition coefficient (Wildman–Crippen LogP) is -2.01. The van der Waals surface area contributed by atoms with Gasteiger partial charge in [-0.05, 0) is 6.92 Å². The van der Waals surface area contributed by atoms with E-state index < -0.39 is 49.9 Å². The van der Waals surface area contributed by atoms with Gasteiger partial charge in [0.2, 0.25) is 5.91 Å². The Kier molecular flexibility index (Phi) is 3.53. The van der Waals surface area contributed by atoms with Crippen molar-refractivity contribution < 1.29 is 26.2 Å². The zero-order valence-electron chi connectivity index (χ0n) is 9.46. The van der Waals surface area contributed by atoms with Crippen LogP contribution < -0.4 is 5.32 Å². The summed E-state index contributed by atoms with van der Waals surface area (Å²) in [7, 11) is 0. The summed E-state index contributed by atoms with van der Waals surface area (Å²) < 4.78 is 12.1. The largest absolute Gasteiger partial charge is 0.394 e. The third-order valence-electron chi connectivity index (χ3n) is 2.50. The Bertz CT molecular complexity index is 252. The van der Waals surface area contributed by atoms with Crippen LogP contribution in [0.3, 0.4) is 0 Å². The number of carbonyl (C=O) groups excluding carboxylic acids is 1. The van der Waals surface area contributed by atoms with Crippen LogP contribution >= 0.6 is 0 Å². The molecule has 2 unspecified atom stereocenters. The summed E-state index contributed by atoms with van der Waals surface area (Å²) in [6.07, 6.45) is -3.85. The lowest BCUT2D eigenvalue weighted by molar-refractivity contribution is -0.190. The molecule has 0 spiro atoms. The summed E-state index contributed by atoms with van der Waals surface area (Å²) in [5.41, 5.74) is 0. The summed E-state index contributed by atoms with van der Waals surface area (Å²) in [5.74, 6) is -0.547. The molecule has 4 N–H and O–H groups in total. The number of rotatable bonds is 2. The third kappa shape index (κ3) is 2.66. The first-order chi connectivity index (χ1) is 7.51. The highest BCUT2D eigenvalue weighted by Gasteiger charge is 2.42. The van der Waals surface area contributed by atoms with Crippen molar-refractivity contribution in [1.29, 1.82) is 0 Å². The highest BCUT2D eigenvalue weighted by atomic mass is 16.5. The maximum Gasteiger partial charge on any atom is 0.217 e. The van der Waals surface area contributed by atoms with Crippen LogP contribution in [0, 0.1) is 0 Å². The van der Waals surface area contributed by atoms with Crippen molar-refractivity contribution in [1.82, 2.24) is 5.32 Å². The molecule has 1 fully saturated rings. The Morgan fingerprint density at radius 3 is 2.73 bits per heavy atom. The van der Waals surface area contributed by atoms with Crippen LogP contribution in [0.25, 0.3) is 0 Å². The lowest BCUT2D eigenvalue weighted by Crippen LogP contribution is -2.63. The van der Waals surface area contributed by atoms with Gasteiger partial charge in [0.25, 0.3) is 0 Å². The molecule has 6 nitrogen and oxygen atoms in total. The van der Waals surface area contributed by atoms with Crippen LogP contribution in [0.15, 0.2) is 0 Å². The van der Waals surface area contributed by atoms with Gasteiger partial charge in [0.15, 0.2) is 0 Å². The fourth-order valence-electron chi connectivity index (χ4n) is 1.69. The van der Waals surface area contributed by atoms with Gasteiger partial charge in [0, 0.05) is 8.27 Å². The number of hydrogen-bond donors (Lipinski definition) is 4. The molecule has 5 atom stereocenters. The third-order valence-corrected chi connectivity index (χ3v) is 2.50. The van der Waals surface area contributed by atoms with E-state index in [1.807, 2.05) is 0 Å². The van der Waals surface area contributed by atoms with Gasteiger partial charge < -0.3 is 25.4 Å². The number of nitrogens with one attached hydrogen (secondary N) is 1. The molecular formula is C9H17NO5. The van der Waals surface area contributed by atoms with E-state index >= 15 is 0 Å². The first kappa shape index (κ1) is 10.8. The minimum atomic E-state index is -1.25. The first-order valence-corrected chi connectivity index (χ1v) is 4.72. The van der Waals surface area contributed by atoms with Gasteiger partial charge in [-0.1, -0.05) is 0 Å². The molecule has 0 aromatic heterocycles. The Morgan fingerprint density at radius 2 is 2.20 bits per heavy atom. The second-order valence-electron chi connectivity index (χ2n) is 3.64. The minimum Gasteiger partial charge on any atom is -0.394 e. The van der Waals surface area contributed by atoms with Crippen LogP contribution in [-0.4, -0.2) is 58.3 Å². The van der Waals surface area contributed by atoms with Crippen LogP contribution in [0.2, 0.25) is 0 Å². The fourth-order valence-corrected chi connectivity index (χ4v) is 1.69. The molecule has 1 aliphatic heterocycles. The summed E-state index contributed by atoms with van der Waals surface area (Å²) in [4.78, 5) is 11.0. The summed E-state index contributed by atoms with van der Waals surface area (Å²) >= 11 is 0. The number of carbonyl (C=O) groups is 1. The van der Waals surface area contributed by atoms with E-state index in [4.69, 9.17) is 11.2 Å². The van der Waals surface area contributed by atoms with Crippen molar-refractivity contribution in [2.75, 3.05) is 6.61 Å². The molecule has 1 saturated heterocycles. The van der Waals surface area contributed by atoms with Gasteiger partial charge >= 0.3 is 0 Å². The monoisotopic (exact) mass is 221 g/mol. The van der Waals surface area contributed by atoms with Crippen LogP contribution in [0.4, 0.5) is 0 Å². The molecular weight excluding hydrogens is 202 g/mol. The van der Waals surface area contributed by atoms with Crippen molar-refractivity contribution in [3.63, 3.8) is 0 Å². The highest BCUT2D eigenvalue weighted by molar-refractivity contribution is 5.73. The molecule has 1 amide bonds. The van der Waals surface area contributed by atoms with Crippen LogP contribution in [0.5, 0.6) is 0 Å². The van der Waals surface area contributed by atoms with E-state index in [2.05, 4.69) is 5.32 Å². The first-order valence-electron chi connectivity index (χ1n) is 5.43. The Labute approximate surface area is 89.3 Å². The molecule has 6 heteroatoms. The molecule has 0 bridgehead atoms. The smallest absolute Gasteiger partial charge is 0.217 e. The van der Waals surface area contributed by atoms with E-state index in [0.717, 1.165) is 0 Å².